The zero-order chi connectivity index (χ0) is 10.6. The number of carbonyl (C=O) groups excluding carboxylic acids is 1. The maximum atomic E-state index is 10.6. The Morgan fingerprint density at radius 1 is 1.00 bits per heavy atom. The summed E-state index contributed by atoms with van der Waals surface area (Å²) in [6, 6.07) is 2.15. The summed E-state index contributed by atoms with van der Waals surface area (Å²) >= 11 is 0. The molecule has 80 valence electrons. The van der Waals surface area contributed by atoms with E-state index < -0.39 is 0 Å². The summed E-state index contributed by atoms with van der Waals surface area (Å²) < 4.78 is 0. The lowest BCUT2D eigenvalue weighted by molar-refractivity contribution is -0.117. The maximum Gasteiger partial charge on any atom is 0.129 e. The molecule has 2 nitrogen and oxygen atoms in total. The summed E-state index contributed by atoms with van der Waals surface area (Å²) in [5, 5.41) is 8.31. The van der Waals surface area contributed by atoms with Crippen molar-refractivity contribution in [1.29, 1.82) is 5.26 Å². The first kappa shape index (κ1) is 13.2. The molecule has 0 aliphatic carbocycles. The summed E-state index contributed by atoms with van der Waals surface area (Å²) in [5.41, 5.74) is 0. The molecule has 0 saturated carbocycles. The molecule has 0 atom stereocenters. The Bertz CT molecular complexity index is 181. The van der Waals surface area contributed by atoms with Gasteiger partial charge in [-0.15, -0.1) is 0 Å². The molecular weight excluding hydrogens is 174 g/mol. The third-order valence-corrected chi connectivity index (χ3v) is 2.32. The number of Topliss-reactive ketones (excluding diaryl/α,β-unsaturated/α-hetero) is 1. The molecule has 0 unspecified atom stereocenters. The first-order valence-electron chi connectivity index (χ1n) is 5.63. The molecule has 0 bridgehead atoms. The van der Waals surface area contributed by atoms with Gasteiger partial charge in [-0.25, -0.2) is 0 Å². The van der Waals surface area contributed by atoms with Crippen LogP contribution in [0.5, 0.6) is 0 Å². The highest BCUT2D eigenvalue weighted by Gasteiger charge is 1.94. The minimum atomic E-state index is 0.305. The second kappa shape index (κ2) is 10.2. The lowest BCUT2D eigenvalue weighted by Gasteiger charge is -1.99. The van der Waals surface area contributed by atoms with E-state index in [1.54, 1.807) is 6.92 Å². The Morgan fingerprint density at radius 3 is 2.00 bits per heavy atom. The van der Waals surface area contributed by atoms with E-state index in [1.165, 1.54) is 32.1 Å². The predicted molar refractivity (Wildman–Crippen MR) is 57.8 cm³/mol. The lowest BCUT2D eigenvalue weighted by Crippen LogP contribution is -1.89. The van der Waals surface area contributed by atoms with Gasteiger partial charge in [0, 0.05) is 12.8 Å². The van der Waals surface area contributed by atoms with Crippen molar-refractivity contribution >= 4 is 5.78 Å². The number of hydrogen-bond donors (Lipinski definition) is 0. The summed E-state index contributed by atoms with van der Waals surface area (Å²) in [6.07, 6.45) is 9.62. The van der Waals surface area contributed by atoms with Crippen molar-refractivity contribution in [3.8, 4) is 6.07 Å². The normalized spacial score (nSPS) is 9.71. The minimum Gasteiger partial charge on any atom is -0.300 e. The molecule has 0 aromatic rings. The van der Waals surface area contributed by atoms with Gasteiger partial charge in [-0.1, -0.05) is 32.1 Å². The number of unbranched alkanes of at least 4 members (excludes halogenated alkanes) is 7. The van der Waals surface area contributed by atoms with Crippen LogP contribution in [0.1, 0.15) is 64.7 Å². The van der Waals surface area contributed by atoms with Crippen molar-refractivity contribution in [3.63, 3.8) is 0 Å². The molecule has 0 saturated heterocycles. The zero-order valence-corrected chi connectivity index (χ0v) is 9.22. The van der Waals surface area contributed by atoms with E-state index in [0.717, 1.165) is 19.3 Å². The molecule has 0 rings (SSSR count). The van der Waals surface area contributed by atoms with Gasteiger partial charge in [0.05, 0.1) is 6.07 Å². The summed E-state index contributed by atoms with van der Waals surface area (Å²) in [6.45, 7) is 1.65. The highest BCUT2D eigenvalue weighted by atomic mass is 16.1. The molecule has 0 radical (unpaired) electrons. The van der Waals surface area contributed by atoms with Crippen LogP contribution in [-0.2, 0) is 4.79 Å². The number of carbonyl (C=O) groups is 1. The van der Waals surface area contributed by atoms with Gasteiger partial charge < -0.3 is 4.79 Å². The van der Waals surface area contributed by atoms with Crippen molar-refractivity contribution in [3.05, 3.63) is 0 Å². The molecule has 0 N–H and O–H groups in total. The van der Waals surface area contributed by atoms with E-state index in [-0.39, 0.29) is 0 Å². The van der Waals surface area contributed by atoms with Crippen LogP contribution in [0, 0.1) is 11.3 Å². The van der Waals surface area contributed by atoms with Crippen LogP contribution >= 0.6 is 0 Å². The Labute approximate surface area is 87.3 Å². The van der Waals surface area contributed by atoms with Crippen LogP contribution in [0.3, 0.4) is 0 Å². The van der Waals surface area contributed by atoms with Crippen LogP contribution < -0.4 is 0 Å². The lowest BCUT2D eigenvalue weighted by atomic mass is 10.1. The van der Waals surface area contributed by atoms with E-state index in [4.69, 9.17) is 5.26 Å². The minimum absolute atomic E-state index is 0.305. The second-order valence-corrected chi connectivity index (χ2v) is 3.84. The molecule has 0 aliphatic heterocycles. The van der Waals surface area contributed by atoms with Crippen LogP contribution in [0.25, 0.3) is 0 Å². The third-order valence-electron chi connectivity index (χ3n) is 2.32. The molecule has 2 heteroatoms. The molecule has 0 aliphatic rings. The van der Waals surface area contributed by atoms with Crippen molar-refractivity contribution < 1.29 is 4.79 Å². The first-order valence-corrected chi connectivity index (χ1v) is 5.63. The molecule has 0 heterocycles. The number of hydrogen-bond acceptors (Lipinski definition) is 2. The van der Waals surface area contributed by atoms with Gasteiger partial charge in [0.1, 0.15) is 5.78 Å². The van der Waals surface area contributed by atoms with Gasteiger partial charge >= 0.3 is 0 Å². The topological polar surface area (TPSA) is 40.9 Å². The number of nitrogens with zero attached hydrogens (tertiary/aromatic N) is 1. The molecule has 0 aromatic carbocycles. The van der Waals surface area contributed by atoms with Gasteiger partial charge in [0.15, 0.2) is 0 Å². The van der Waals surface area contributed by atoms with Gasteiger partial charge in [0.2, 0.25) is 0 Å². The molecule has 0 spiro atoms. The number of rotatable bonds is 9. The third kappa shape index (κ3) is 11.2. The molecular formula is C12H21NO. The fourth-order valence-electron chi connectivity index (χ4n) is 1.46. The van der Waals surface area contributed by atoms with E-state index in [9.17, 15) is 4.79 Å². The fraction of sp³-hybridized carbons (Fsp3) is 0.833. The van der Waals surface area contributed by atoms with Crippen LogP contribution in [0.15, 0.2) is 0 Å². The number of nitriles is 1. The fourth-order valence-corrected chi connectivity index (χ4v) is 1.46. The van der Waals surface area contributed by atoms with Gasteiger partial charge in [-0.05, 0) is 19.8 Å². The smallest absolute Gasteiger partial charge is 0.129 e. The van der Waals surface area contributed by atoms with E-state index in [1.807, 2.05) is 0 Å². The van der Waals surface area contributed by atoms with Gasteiger partial charge in [-0.3, -0.25) is 0 Å². The average molecular weight is 195 g/mol. The van der Waals surface area contributed by atoms with E-state index >= 15 is 0 Å². The maximum absolute atomic E-state index is 10.6. The van der Waals surface area contributed by atoms with Crippen LogP contribution in [0.2, 0.25) is 0 Å². The largest absolute Gasteiger partial charge is 0.300 e. The van der Waals surface area contributed by atoms with E-state index in [0.29, 0.717) is 12.2 Å². The molecule has 14 heavy (non-hydrogen) atoms. The van der Waals surface area contributed by atoms with Gasteiger partial charge in [-0.2, -0.15) is 5.26 Å². The Balaban J connectivity index is 2.93. The highest BCUT2D eigenvalue weighted by Crippen LogP contribution is 2.09. The molecule has 0 amide bonds. The van der Waals surface area contributed by atoms with Crippen molar-refractivity contribution in [2.75, 3.05) is 0 Å². The molecule has 0 aromatic heterocycles. The zero-order valence-electron chi connectivity index (χ0n) is 9.22. The van der Waals surface area contributed by atoms with Gasteiger partial charge in [0.25, 0.3) is 0 Å². The Hall–Kier alpha value is -0.840. The average Bonchev–Trinajstić information content (AvgIpc) is 2.15. The van der Waals surface area contributed by atoms with Crippen molar-refractivity contribution in [2.24, 2.45) is 0 Å². The second-order valence-electron chi connectivity index (χ2n) is 3.84. The standard InChI is InChI=1S/C12H21NO/c1-12(14)10-8-6-4-2-3-5-7-9-11-13/h2-10H2,1H3. The Morgan fingerprint density at radius 2 is 1.50 bits per heavy atom. The first-order chi connectivity index (χ1) is 6.77. The summed E-state index contributed by atoms with van der Waals surface area (Å²) in [7, 11) is 0. The summed E-state index contributed by atoms with van der Waals surface area (Å²) in [5.74, 6) is 0.305. The summed E-state index contributed by atoms with van der Waals surface area (Å²) in [4.78, 5) is 10.6. The predicted octanol–water partition coefficient (Wildman–Crippen LogP) is 3.61. The number of ketones is 1. The molecule has 0 fully saturated rings. The van der Waals surface area contributed by atoms with E-state index in [2.05, 4.69) is 6.07 Å². The van der Waals surface area contributed by atoms with Crippen LogP contribution in [-0.4, -0.2) is 5.78 Å². The van der Waals surface area contributed by atoms with Crippen LogP contribution in [0.4, 0.5) is 0 Å². The highest BCUT2D eigenvalue weighted by molar-refractivity contribution is 5.75. The van der Waals surface area contributed by atoms with Crippen molar-refractivity contribution in [1.82, 2.24) is 0 Å². The quantitative estimate of drug-likeness (QED) is 0.527. The Kier molecular flexibility index (Phi) is 9.63. The monoisotopic (exact) mass is 195 g/mol. The SMILES string of the molecule is CC(=O)CCCCCCCCCC#N. The van der Waals surface area contributed by atoms with Crippen molar-refractivity contribution in [2.45, 2.75) is 64.7 Å².